The van der Waals surface area contributed by atoms with E-state index in [1.807, 2.05) is 0 Å². The number of aromatic carboxylic acids is 1. The molecule has 0 aromatic carbocycles. The van der Waals surface area contributed by atoms with Gasteiger partial charge in [-0.3, -0.25) is 5.10 Å². The first-order chi connectivity index (χ1) is 8.90. The van der Waals surface area contributed by atoms with Crippen molar-refractivity contribution < 1.29 is 18.3 Å². The molecular formula is C9H8ClN3O4S2. The fraction of sp³-hybridized carbons (Fsp3) is 0.111. The molecule has 0 atom stereocenters. The zero-order valence-corrected chi connectivity index (χ0v) is 11.6. The second kappa shape index (κ2) is 5.29. The van der Waals surface area contributed by atoms with Crippen molar-refractivity contribution in [3.05, 3.63) is 33.1 Å². The third-order valence-corrected chi connectivity index (χ3v) is 4.77. The Hall–Kier alpha value is -1.42. The van der Waals surface area contributed by atoms with E-state index in [0.29, 0.717) is 9.21 Å². The highest BCUT2D eigenvalue weighted by Crippen LogP contribution is 2.21. The lowest BCUT2D eigenvalue weighted by Crippen LogP contribution is -2.24. The summed E-state index contributed by atoms with van der Waals surface area (Å²) in [5.74, 6) is -1.37. The van der Waals surface area contributed by atoms with Gasteiger partial charge >= 0.3 is 5.97 Å². The van der Waals surface area contributed by atoms with E-state index in [1.54, 1.807) is 12.1 Å². The number of carboxylic acids is 1. The number of hydrogen-bond donors (Lipinski definition) is 3. The van der Waals surface area contributed by atoms with Gasteiger partial charge in [0.1, 0.15) is 5.56 Å². The van der Waals surface area contributed by atoms with Gasteiger partial charge in [0.2, 0.25) is 0 Å². The number of carbonyl (C=O) groups is 1. The Bertz CT molecular complexity index is 707. The summed E-state index contributed by atoms with van der Waals surface area (Å²) in [6.07, 6.45) is 0.943. The number of rotatable bonds is 5. The molecule has 2 heterocycles. The van der Waals surface area contributed by atoms with Crippen LogP contribution >= 0.6 is 22.9 Å². The van der Waals surface area contributed by atoms with Crippen molar-refractivity contribution in [1.82, 2.24) is 14.9 Å². The van der Waals surface area contributed by atoms with Crippen LogP contribution in [-0.2, 0) is 16.6 Å². The Morgan fingerprint density at radius 2 is 2.26 bits per heavy atom. The molecular weight excluding hydrogens is 314 g/mol. The van der Waals surface area contributed by atoms with Crippen molar-refractivity contribution in [3.63, 3.8) is 0 Å². The van der Waals surface area contributed by atoms with Crippen LogP contribution in [-0.4, -0.2) is 29.7 Å². The Kier molecular flexibility index (Phi) is 3.90. The van der Waals surface area contributed by atoms with E-state index in [4.69, 9.17) is 16.7 Å². The van der Waals surface area contributed by atoms with Gasteiger partial charge in [0.05, 0.1) is 10.5 Å². The number of nitrogens with zero attached hydrogens (tertiary/aromatic N) is 1. The SMILES string of the molecule is O=C(O)c1cn[nH]c1S(=O)(=O)NCc1ccc(Cl)s1. The predicted molar refractivity (Wildman–Crippen MR) is 68.9 cm³/mol. The minimum atomic E-state index is -3.97. The molecule has 0 aliphatic heterocycles. The van der Waals surface area contributed by atoms with Gasteiger partial charge in [-0.15, -0.1) is 11.3 Å². The van der Waals surface area contributed by atoms with Crippen molar-refractivity contribution in [1.29, 1.82) is 0 Å². The molecule has 19 heavy (non-hydrogen) atoms. The average molecular weight is 322 g/mol. The van der Waals surface area contributed by atoms with Crippen LogP contribution in [0.25, 0.3) is 0 Å². The summed E-state index contributed by atoms with van der Waals surface area (Å²) < 4.78 is 26.7. The molecule has 0 spiro atoms. The van der Waals surface area contributed by atoms with Crippen LogP contribution in [0.2, 0.25) is 4.34 Å². The molecule has 0 amide bonds. The molecule has 3 N–H and O–H groups in total. The first kappa shape index (κ1) is 14.0. The van der Waals surface area contributed by atoms with Gasteiger partial charge in [0, 0.05) is 11.4 Å². The van der Waals surface area contributed by atoms with Gasteiger partial charge in [-0.1, -0.05) is 11.6 Å². The minimum absolute atomic E-state index is 0.0256. The lowest BCUT2D eigenvalue weighted by Gasteiger charge is -2.04. The van der Waals surface area contributed by atoms with E-state index in [2.05, 4.69) is 14.9 Å². The van der Waals surface area contributed by atoms with Crippen molar-refractivity contribution in [2.75, 3.05) is 0 Å². The summed E-state index contributed by atoms with van der Waals surface area (Å²) in [4.78, 5) is 11.6. The van der Waals surface area contributed by atoms with E-state index in [0.717, 1.165) is 6.20 Å². The summed E-state index contributed by atoms with van der Waals surface area (Å²) in [5, 5.41) is 14.0. The van der Waals surface area contributed by atoms with Gasteiger partial charge in [-0.05, 0) is 12.1 Å². The maximum absolute atomic E-state index is 11.9. The third kappa shape index (κ3) is 3.13. The topological polar surface area (TPSA) is 112 Å². The van der Waals surface area contributed by atoms with Crippen LogP contribution in [0.3, 0.4) is 0 Å². The zero-order chi connectivity index (χ0) is 14.0. The van der Waals surface area contributed by atoms with E-state index >= 15 is 0 Å². The molecule has 2 aromatic rings. The van der Waals surface area contributed by atoms with Crippen LogP contribution in [0.5, 0.6) is 0 Å². The van der Waals surface area contributed by atoms with Crippen LogP contribution in [0.4, 0.5) is 0 Å². The van der Waals surface area contributed by atoms with Gasteiger partial charge < -0.3 is 5.11 Å². The Morgan fingerprint density at radius 3 is 2.84 bits per heavy atom. The fourth-order valence-electron chi connectivity index (χ4n) is 1.32. The number of aromatic amines is 1. The number of aromatic nitrogens is 2. The second-order valence-corrected chi connectivity index (χ2v) is 6.95. The van der Waals surface area contributed by atoms with Gasteiger partial charge in [0.25, 0.3) is 10.0 Å². The molecule has 7 nitrogen and oxygen atoms in total. The lowest BCUT2D eigenvalue weighted by atomic mass is 10.4. The Labute approximate surface area is 117 Å². The van der Waals surface area contributed by atoms with Crippen molar-refractivity contribution in [3.8, 4) is 0 Å². The number of thiophene rings is 1. The average Bonchev–Trinajstić information content (AvgIpc) is 2.94. The molecule has 0 radical (unpaired) electrons. The predicted octanol–water partition coefficient (Wildman–Crippen LogP) is 1.30. The smallest absolute Gasteiger partial charge is 0.340 e. The molecule has 2 aromatic heterocycles. The molecule has 0 unspecified atom stereocenters. The molecule has 0 aliphatic carbocycles. The maximum Gasteiger partial charge on any atom is 0.340 e. The molecule has 0 fully saturated rings. The Morgan fingerprint density at radius 1 is 1.53 bits per heavy atom. The normalized spacial score (nSPS) is 11.6. The van der Waals surface area contributed by atoms with E-state index in [9.17, 15) is 13.2 Å². The zero-order valence-electron chi connectivity index (χ0n) is 9.25. The molecule has 0 saturated heterocycles. The monoisotopic (exact) mass is 321 g/mol. The minimum Gasteiger partial charge on any atom is -0.478 e. The molecule has 0 aliphatic rings. The summed E-state index contributed by atoms with van der Waals surface area (Å²) in [5.41, 5.74) is -0.406. The quantitative estimate of drug-likeness (QED) is 0.768. The fourth-order valence-corrected chi connectivity index (χ4v) is 3.53. The van der Waals surface area contributed by atoms with E-state index in [1.165, 1.54) is 11.3 Å². The van der Waals surface area contributed by atoms with Gasteiger partial charge in [-0.25, -0.2) is 17.9 Å². The van der Waals surface area contributed by atoms with Crippen molar-refractivity contribution >= 4 is 38.9 Å². The molecule has 10 heteroatoms. The number of H-pyrrole nitrogens is 1. The largest absolute Gasteiger partial charge is 0.478 e. The van der Waals surface area contributed by atoms with Crippen LogP contribution < -0.4 is 4.72 Å². The number of carboxylic acid groups (broad SMARTS) is 1. The molecule has 0 saturated carbocycles. The number of nitrogens with one attached hydrogen (secondary N) is 2. The lowest BCUT2D eigenvalue weighted by molar-refractivity contribution is 0.0692. The Balaban J connectivity index is 2.18. The highest BCUT2D eigenvalue weighted by atomic mass is 35.5. The maximum atomic E-state index is 11.9. The van der Waals surface area contributed by atoms with Crippen LogP contribution in [0, 0.1) is 0 Å². The third-order valence-electron chi connectivity index (χ3n) is 2.17. The van der Waals surface area contributed by atoms with Crippen LogP contribution in [0.1, 0.15) is 15.2 Å². The molecule has 102 valence electrons. The second-order valence-electron chi connectivity index (χ2n) is 3.45. The van der Waals surface area contributed by atoms with Crippen LogP contribution in [0.15, 0.2) is 23.4 Å². The molecule has 2 rings (SSSR count). The van der Waals surface area contributed by atoms with Gasteiger partial charge in [-0.2, -0.15) is 5.10 Å². The number of halogens is 1. The number of hydrogen-bond acceptors (Lipinski definition) is 5. The summed E-state index contributed by atoms with van der Waals surface area (Å²) in [6.45, 7) is 0.0256. The first-order valence-corrected chi connectivity index (χ1v) is 7.58. The molecule has 0 bridgehead atoms. The van der Waals surface area contributed by atoms with Gasteiger partial charge in [0.15, 0.2) is 5.03 Å². The highest BCUT2D eigenvalue weighted by Gasteiger charge is 2.24. The van der Waals surface area contributed by atoms with Crippen molar-refractivity contribution in [2.45, 2.75) is 11.6 Å². The number of sulfonamides is 1. The summed E-state index contributed by atoms with van der Waals surface area (Å²) >= 11 is 6.96. The summed E-state index contributed by atoms with van der Waals surface area (Å²) in [7, 11) is -3.97. The van der Waals surface area contributed by atoms with E-state index in [-0.39, 0.29) is 6.54 Å². The highest BCUT2D eigenvalue weighted by molar-refractivity contribution is 7.89. The summed E-state index contributed by atoms with van der Waals surface area (Å²) in [6, 6.07) is 3.33. The van der Waals surface area contributed by atoms with E-state index < -0.39 is 26.6 Å². The standard InChI is InChI=1S/C9H8ClN3O4S2/c10-7-2-1-5(18-7)3-12-19(16,17)8-6(9(14)15)4-11-13-8/h1-2,4,12H,3H2,(H,11,13)(H,14,15). The first-order valence-electron chi connectivity index (χ1n) is 4.90. The van der Waals surface area contributed by atoms with Crippen molar-refractivity contribution in [2.24, 2.45) is 0 Å².